The number of aromatic nitrogens is 4. The van der Waals surface area contributed by atoms with E-state index in [0.29, 0.717) is 10.8 Å². The number of nitrogens with zero attached hydrogens (tertiary/aromatic N) is 4. The number of aryl methyl sites for hydroxylation is 1. The monoisotopic (exact) mass is 405 g/mol. The molecular formula is C17H13F2N5O3S. The second kappa shape index (κ2) is 7.08. The highest BCUT2D eigenvalue weighted by atomic mass is 32.2. The van der Waals surface area contributed by atoms with Crippen LogP contribution in [-0.4, -0.2) is 38.2 Å². The number of alkyl halides is 2. The molecule has 1 amide bonds. The summed E-state index contributed by atoms with van der Waals surface area (Å²) in [5.41, 5.74) is 2.19. The van der Waals surface area contributed by atoms with Crippen LogP contribution in [0.2, 0.25) is 0 Å². The number of thioether (sulfide) groups is 1. The highest BCUT2D eigenvalue weighted by Gasteiger charge is 2.43. The van der Waals surface area contributed by atoms with Gasteiger partial charge in [-0.3, -0.25) is 4.79 Å². The molecule has 0 unspecified atom stereocenters. The predicted molar refractivity (Wildman–Crippen MR) is 95.9 cm³/mol. The normalized spacial score (nSPS) is 14.1. The van der Waals surface area contributed by atoms with Crippen molar-refractivity contribution in [3.8, 4) is 17.2 Å². The number of tetrazole rings is 1. The fraction of sp³-hybridized carbons (Fsp3) is 0.176. The summed E-state index contributed by atoms with van der Waals surface area (Å²) in [4.78, 5) is 12.2. The molecule has 4 rings (SSSR count). The molecule has 0 atom stereocenters. The number of amides is 1. The predicted octanol–water partition coefficient (Wildman–Crippen LogP) is 3.02. The number of hydrogen-bond acceptors (Lipinski definition) is 7. The van der Waals surface area contributed by atoms with Gasteiger partial charge in [-0.05, 0) is 41.6 Å². The van der Waals surface area contributed by atoms with Crippen LogP contribution in [0.3, 0.4) is 0 Å². The van der Waals surface area contributed by atoms with Crippen molar-refractivity contribution in [2.75, 3.05) is 11.1 Å². The molecule has 0 saturated carbocycles. The first-order chi connectivity index (χ1) is 13.4. The Morgan fingerprint density at radius 3 is 2.71 bits per heavy atom. The van der Waals surface area contributed by atoms with E-state index in [9.17, 15) is 13.6 Å². The summed E-state index contributed by atoms with van der Waals surface area (Å²) in [5.74, 6) is -0.556. The van der Waals surface area contributed by atoms with Gasteiger partial charge in [0.2, 0.25) is 11.1 Å². The molecule has 28 heavy (non-hydrogen) atoms. The second-order valence-corrected chi connectivity index (χ2v) is 6.82. The van der Waals surface area contributed by atoms with Crippen molar-refractivity contribution < 1.29 is 23.0 Å². The van der Waals surface area contributed by atoms with E-state index in [2.05, 4.69) is 30.3 Å². The quantitative estimate of drug-likeness (QED) is 0.653. The first-order valence-electron chi connectivity index (χ1n) is 8.08. The number of carbonyl (C=O) groups is 1. The van der Waals surface area contributed by atoms with Crippen molar-refractivity contribution in [2.24, 2.45) is 0 Å². The van der Waals surface area contributed by atoms with Crippen LogP contribution in [0, 0.1) is 6.92 Å². The van der Waals surface area contributed by atoms with Crippen LogP contribution in [0.25, 0.3) is 5.69 Å². The largest absolute Gasteiger partial charge is 0.586 e. The smallest absolute Gasteiger partial charge is 0.395 e. The van der Waals surface area contributed by atoms with Crippen LogP contribution in [0.4, 0.5) is 14.5 Å². The van der Waals surface area contributed by atoms with Gasteiger partial charge >= 0.3 is 6.29 Å². The van der Waals surface area contributed by atoms with Crippen LogP contribution >= 0.6 is 11.8 Å². The highest BCUT2D eigenvalue weighted by Crippen LogP contribution is 2.42. The maximum atomic E-state index is 13.1. The topological polar surface area (TPSA) is 91.2 Å². The third-order valence-corrected chi connectivity index (χ3v) is 4.66. The van der Waals surface area contributed by atoms with E-state index in [4.69, 9.17) is 0 Å². The first-order valence-corrected chi connectivity index (χ1v) is 9.06. The van der Waals surface area contributed by atoms with E-state index in [0.717, 1.165) is 23.0 Å². The molecule has 1 aromatic heterocycles. The summed E-state index contributed by atoms with van der Waals surface area (Å²) in [7, 11) is 0. The molecule has 0 saturated heterocycles. The van der Waals surface area contributed by atoms with Crippen LogP contribution in [0.5, 0.6) is 11.5 Å². The van der Waals surface area contributed by atoms with Gasteiger partial charge in [-0.15, -0.1) is 13.9 Å². The van der Waals surface area contributed by atoms with E-state index in [1.807, 2.05) is 31.2 Å². The summed E-state index contributed by atoms with van der Waals surface area (Å²) in [5, 5.41) is 14.6. The zero-order chi connectivity index (χ0) is 19.7. The molecule has 0 fully saturated rings. The average Bonchev–Trinajstić information content (AvgIpc) is 3.22. The van der Waals surface area contributed by atoms with Gasteiger partial charge in [0.25, 0.3) is 0 Å². The van der Waals surface area contributed by atoms with Gasteiger partial charge < -0.3 is 14.8 Å². The minimum Gasteiger partial charge on any atom is -0.395 e. The van der Waals surface area contributed by atoms with Gasteiger partial charge in [0, 0.05) is 11.8 Å². The Morgan fingerprint density at radius 2 is 1.93 bits per heavy atom. The zero-order valence-electron chi connectivity index (χ0n) is 14.4. The highest BCUT2D eigenvalue weighted by molar-refractivity contribution is 7.99. The van der Waals surface area contributed by atoms with E-state index in [1.54, 1.807) is 0 Å². The number of nitrogens with one attached hydrogen (secondary N) is 1. The van der Waals surface area contributed by atoms with Gasteiger partial charge in [-0.25, -0.2) is 0 Å². The van der Waals surface area contributed by atoms with Crippen molar-refractivity contribution in [3.05, 3.63) is 48.0 Å². The standard InChI is InChI=1S/C17H13F2N5O3S/c1-10-2-5-12(6-3-10)24-16(21-22-23-24)28-9-15(25)20-11-4-7-13-14(8-11)27-17(18,19)26-13/h2-8H,9H2,1H3,(H,20,25). The molecule has 0 bridgehead atoms. The molecule has 3 aromatic rings. The lowest BCUT2D eigenvalue weighted by Gasteiger charge is -2.07. The molecule has 0 spiro atoms. The molecule has 2 heterocycles. The lowest BCUT2D eigenvalue weighted by Crippen LogP contribution is -2.25. The number of hydrogen-bond donors (Lipinski definition) is 1. The van der Waals surface area contributed by atoms with Crippen LogP contribution in [0.1, 0.15) is 5.56 Å². The number of ether oxygens (including phenoxy) is 2. The van der Waals surface area contributed by atoms with Gasteiger partial charge in [0.1, 0.15) is 0 Å². The van der Waals surface area contributed by atoms with Crippen molar-refractivity contribution in [1.29, 1.82) is 0 Å². The molecule has 1 aliphatic heterocycles. The number of carbonyl (C=O) groups excluding carboxylic acids is 1. The van der Waals surface area contributed by atoms with Crippen molar-refractivity contribution >= 4 is 23.4 Å². The van der Waals surface area contributed by atoms with Crippen molar-refractivity contribution in [3.63, 3.8) is 0 Å². The number of fused-ring (bicyclic) bond motifs is 1. The Labute approximate surface area is 161 Å². The van der Waals surface area contributed by atoms with E-state index < -0.39 is 6.29 Å². The Balaban J connectivity index is 1.39. The molecule has 11 heteroatoms. The number of halogens is 2. The SMILES string of the molecule is Cc1ccc(-n2nnnc2SCC(=O)Nc2ccc3c(c2)OC(F)(F)O3)cc1. The molecule has 1 aliphatic rings. The van der Waals surface area contributed by atoms with Crippen LogP contribution < -0.4 is 14.8 Å². The third-order valence-electron chi connectivity index (χ3n) is 3.74. The van der Waals surface area contributed by atoms with Crippen LogP contribution in [-0.2, 0) is 4.79 Å². The molecule has 8 nitrogen and oxygen atoms in total. The molecular weight excluding hydrogens is 392 g/mol. The number of anilines is 1. The van der Waals surface area contributed by atoms with Crippen LogP contribution in [0.15, 0.2) is 47.6 Å². The second-order valence-electron chi connectivity index (χ2n) is 5.87. The lowest BCUT2D eigenvalue weighted by molar-refractivity contribution is -0.286. The maximum Gasteiger partial charge on any atom is 0.586 e. The van der Waals surface area contributed by atoms with Gasteiger partial charge in [0.05, 0.1) is 11.4 Å². The third kappa shape index (κ3) is 3.88. The Morgan fingerprint density at radius 1 is 1.18 bits per heavy atom. The van der Waals surface area contributed by atoms with E-state index in [-0.39, 0.29) is 23.2 Å². The minimum atomic E-state index is -3.70. The van der Waals surface area contributed by atoms with Gasteiger partial charge in [0.15, 0.2) is 11.5 Å². The molecule has 144 valence electrons. The first kappa shape index (κ1) is 18.2. The summed E-state index contributed by atoms with van der Waals surface area (Å²) in [6.45, 7) is 1.97. The average molecular weight is 405 g/mol. The maximum absolute atomic E-state index is 13.1. The van der Waals surface area contributed by atoms with Gasteiger partial charge in [-0.2, -0.15) is 4.68 Å². The molecule has 2 aromatic carbocycles. The minimum absolute atomic E-state index is 0.0246. The molecule has 1 N–H and O–H groups in total. The van der Waals surface area contributed by atoms with E-state index in [1.165, 1.54) is 22.9 Å². The number of rotatable bonds is 5. The molecule has 0 aliphatic carbocycles. The van der Waals surface area contributed by atoms with E-state index >= 15 is 0 Å². The summed E-state index contributed by atoms with van der Waals surface area (Å²) >= 11 is 1.14. The zero-order valence-corrected chi connectivity index (χ0v) is 15.2. The fourth-order valence-electron chi connectivity index (χ4n) is 2.47. The Kier molecular flexibility index (Phi) is 4.59. The van der Waals surface area contributed by atoms with Crippen molar-refractivity contribution in [2.45, 2.75) is 18.4 Å². The number of benzene rings is 2. The summed E-state index contributed by atoms with van der Waals surface area (Å²) < 4.78 is 36.3. The fourth-order valence-corrected chi connectivity index (χ4v) is 3.16. The van der Waals surface area contributed by atoms with Gasteiger partial charge in [-0.1, -0.05) is 29.5 Å². The Hall–Kier alpha value is -3.21. The lowest BCUT2D eigenvalue weighted by atomic mass is 10.2. The summed E-state index contributed by atoms with van der Waals surface area (Å²) in [6.07, 6.45) is -3.70. The summed E-state index contributed by atoms with van der Waals surface area (Å²) in [6, 6.07) is 11.6. The molecule has 0 radical (unpaired) electrons. The Bertz CT molecular complexity index is 1030. The van der Waals surface area contributed by atoms with Crippen molar-refractivity contribution in [1.82, 2.24) is 20.2 Å².